The molecule has 7 heteroatoms. The Labute approximate surface area is 162 Å². The number of hydrogen-bond donors (Lipinski definition) is 2. The van der Waals surface area contributed by atoms with Crippen molar-refractivity contribution in [2.45, 2.75) is 13.3 Å². The molecular formula is C21H19FN4O2. The Bertz CT molecular complexity index is 990. The largest absolute Gasteiger partial charge is 0.439 e. The first-order valence-electron chi connectivity index (χ1n) is 8.55. The number of hydrogen-bond acceptors (Lipinski definition) is 5. The topological polar surface area (TPSA) is 76.1 Å². The predicted molar refractivity (Wildman–Crippen MR) is 106 cm³/mol. The number of ether oxygens (including phenoxy) is 1. The molecule has 6 nitrogen and oxygen atoms in total. The summed E-state index contributed by atoms with van der Waals surface area (Å²) in [6, 6.07) is 15.3. The van der Waals surface area contributed by atoms with Gasteiger partial charge in [0, 0.05) is 30.8 Å². The molecule has 0 atom stereocenters. The Kier molecular flexibility index (Phi) is 5.96. The molecule has 1 aromatic heterocycles. The average Bonchev–Trinajstić information content (AvgIpc) is 2.65. The van der Waals surface area contributed by atoms with Crippen LogP contribution in [0.5, 0.6) is 11.6 Å². The molecule has 2 aromatic carbocycles. The molecule has 0 radical (unpaired) electrons. The SMILES string of the molecule is C=C(Cc1ccccc1F)Nc1ccc(Oc2cc(NC(C)=O)ncn2)cc1. The maximum absolute atomic E-state index is 13.7. The van der Waals surface area contributed by atoms with E-state index < -0.39 is 0 Å². The van der Waals surface area contributed by atoms with E-state index in [4.69, 9.17) is 4.74 Å². The van der Waals surface area contributed by atoms with Crippen LogP contribution in [0.3, 0.4) is 0 Å². The van der Waals surface area contributed by atoms with Gasteiger partial charge in [-0.15, -0.1) is 0 Å². The van der Waals surface area contributed by atoms with Crippen LogP contribution in [0.15, 0.2) is 73.2 Å². The van der Waals surface area contributed by atoms with E-state index in [1.807, 2.05) is 12.1 Å². The fraction of sp³-hybridized carbons (Fsp3) is 0.0952. The number of amides is 1. The molecule has 3 aromatic rings. The van der Waals surface area contributed by atoms with Gasteiger partial charge in [-0.25, -0.2) is 14.4 Å². The zero-order valence-electron chi connectivity index (χ0n) is 15.3. The quantitative estimate of drug-likeness (QED) is 0.631. The van der Waals surface area contributed by atoms with Gasteiger partial charge in [0.25, 0.3) is 0 Å². The van der Waals surface area contributed by atoms with Gasteiger partial charge in [-0.2, -0.15) is 0 Å². The maximum Gasteiger partial charge on any atom is 0.224 e. The summed E-state index contributed by atoms with van der Waals surface area (Å²) in [5.41, 5.74) is 2.06. The predicted octanol–water partition coefficient (Wildman–Crippen LogP) is 4.53. The molecular weight excluding hydrogens is 359 g/mol. The lowest BCUT2D eigenvalue weighted by atomic mass is 10.1. The van der Waals surface area contributed by atoms with Gasteiger partial charge in [-0.3, -0.25) is 4.79 Å². The molecule has 0 unspecified atom stereocenters. The lowest BCUT2D eigenvalue weighted by Crippen LogP contribution is -2.07. The van der Waals surface area contributed by atoms with Gasteiger partial charge in [0.05, 0.1) is 0 Å². The first-order chi connectivity index (χ1) is 13.5. The second-order valence-corrected chi connectivity index (χ2v) is 6.05. The molecule has 0 aliphatic rings. The van der Waals surface area contributed by atoms with E-state index in [0.717, 1.165) is 5.69 Å². The van der Waals surface area contributed by atoms with E-state index in [0.29, 0.717) is 35.1 Å². The second-order valence-electron chi connectivity index (χ2n) is 6.05. The van der Waals surface area contributed by atoms with Crippen LogP contribution in [0.25, 0.3) is 0 Å². The van der Waals surface area contributed by atoms with Crippen LogP contribution >= 0.6 is 0 Å². The number of anilines is 2. The van der Waals surface area contributed by atoms with Crippen molar-refractivity contribution in [3.05, 3.63) is 84.6 Å². The van der Waals surface area contributed by atoms with Gasteiger partial charge < -0.3 is 15.4 Å². The molecule has 1 heterocycles. The molecule has 0 saturated heterocycles. The Balaban J connectivity index is 1.60. The van der Waals surface area contributed by atoms with E-state index in [9.17, 15) is 9.18 Å². The average molecular weight is 378 g/mol. The van der Waals surface area contributed by atoms with Crippen molar-refractivity contribution < 1.29 is 13.9 Å². The van der Waals surface area contributed by atoms with Crippen molar-refractivity contribution in [2.24, 2.45) is 0 Å². The highest BCUT2D eigenvalue weighted by Crippen LogP contribution is 2.23. The number of aromatic nitrogens is 2. The Morgan fingerprint density at radius 3 is 2.57 bits per heavy atom. The molecule has 0 saturated carbocycles. The van der Waals surface area contributed by atoms with Gasteiger partial charge in [0.1, 0.15) is 23.7 Å². The summed E-state index contributed by atoms with van der Waals surface area (Å²) in [7, 11) is 0. The minimum Gasteiger partial charge on any atom is -0.439 e. The lowest BCUT2D eigenvalue weighted by molar-refractivity contribution is -0.114. The highest BCUT2D eigenvalue weighted by atomic mass is 19.1. The third kappa shape index (κ3) is 5.38. The first kappa shape index (κ1) is 19.0. The van der Waals surface area contributed by atoms with Gasteiger partial charge >= 0.3 is 0 Å². The van der Waals surface area contributed by atoms with E-state index in [-0.39, 0.29) is 11.7 Å². The highest BCUT2D eigenvalue weighted by Gasteiger charge is 2.05. The number of nitrogens with one attached hydrogen (secondary N) is 2. The normalized spacial score (nSPS) is 10.2. The smallest absolute Gasteiger partial charge is 0.224 e. The molecule has 0 aliphatic carbocycles. The Hall–Kier alpha value is -3.74. The number of carbonyl (C=O) groups is 1. The fourth-order valence-corrected chi connectivity index (χ4v) is 2.49. The zero-order valence-corrected chi connectivity index (χ0v) is 15.3. The van der Waals surface area contributed by atoms with Crippen LogP contribution in [-0.2, 0) is 11.2 Å². The molecule has 0 aliphatic heterocycles. The van der Waals surface area contributed by atoms with Crippen LogP contribution in [0.1, 0.15) is 12.5 Å². The van der Waals surface area contributed by atoms with Crippen molar-refractivity contribution in [1.29, 1.82) is 0 Å². The minimum absolute atomic E-state index is 0.226. The molecule has 1 amide bonds. The second kappa shape index (κ2) is 8.77. The van der Waals surface area contributed by atoms with Crippen LogP contribution < -0.4 is 15.4 Å². The molecule has 0 spiro atoms. The molecule has 142 valence electrons. The van der Waals surface area contributed by atoms with Gasteiger partial charge in [0.2, 0.25) is 11.8 Å². The molecule has 0 fully saturated rings. The van der Waals surface area contributed by atoms with Crippen molar-refractivity contribution in [3.63, 3.8) is 0 Å². The summed E-state index contributed by atoms with van der Waals surface area (Å²) in [5.74, 6) is 0.759. The van der Waals surface area contributed by atoms with Crippen LogP contribution in [0.2, 0.25) is 0 Å². The number of rotatable bonds is 7. The third-order valence-electron chi connectivity index (χ3n) is 3.71. The van der Waals surface area contributed by atoms with E-state index in [1.165, 1.54) is 25.4 Å². The minimum atomic E-state index is -0.252. The summed E-state index contributed by atoms with van der Waals surface area (Å²) in [4.78, 5) is 19.1. The standard InChI is InChI=1S/C21H19FN4O2/c1-14(11-16-5-3-4-6-19(16)22)25-17-7-9-18(10-8-17)28-21-12-20(23-13-24-21)26-15(2)27/h3-10,12-13,25H,1,11H2,2H3,(H,23,24,26,27). The number of carbonyl (C=O) groups excluding carboxylic acids is 1. The van der Waals surface area contributed by atoms with Gasteiger partial charge in [0.15, 0.2) is 0 Å². The van der Waals surface area contributed by atoms with E-state index >= 15 is 0 Å². The maximum atomic E-state index is 13.7. The summed E-state index contributed by atoms with van der Waals surface area (Å²) in [6.45, 7) is 5.35. The number of halogens is 1. The Morgan fingerprint density at radius 1 is 1.11 bits per heavy atom. The van der Waals surface area contributed by atoms with Gasteiger partial charge in [-0.1, -0.05) is 24.8 Å². The fourth-order valence-electron chi connectivity index (χ4n) is 2.49. The molecule has 3 rings (SSSR count). The summed E-state index contributed by atoms with van der Waals surface area (Å²) in [5, 5.41) is 5.72. The van der Waals surface area contributed by atoms with E-state index in [2.05, 4.69) is 27.2 Å². The number of nitrogens with zero attached hydrogens (tertiary/aromatic N) is 2. The van der Waals surface area contributed by atoms with Gasteiger partial charge in [-0.05, 0) is 35.9 Å². The molecule has 0 bridgehead atoms. The van der Waals surface area contributed by atoms with E-state index in [1.54, 1.807) is 30.3 Å². The number of allylic oxidation sites excluding steroid dienone is 1. The summed E-state index contributed by atoms with van der Waals surface area (Å²) >= 11 is 0. The third-order valence-corrected chi connectivity index (χ3v) is 3.71. The van der Waals surface area contributed by atoms with Crippen LogP contribution in [0, 0.1) is 5.82 Å². The van der Waals surface area contributed by atoms with Crippen LogP contribution in [0.4, 0.5) is 15.9 Å². The molecule has 2 N–H and O–H groups in total. The monoisotopic (exact) mass is 378 g/mol. The Morgan fingerprint density at radius 2 is 1.86 bits per heavy atom. The highest BCUT2D eigenvalue weighted by molar-refractivity contribution is 5.87. The van der Waals surface area contributed by atoms with Crippen molar-refractivity contribution >= 4 is 17.4 Å². The summed E-state index contributed by atoms with van der Waals surface area (Å²) < 4.78 is 19.4. The first-order valence-corrected chi connectivity index (χ1v) is 8.55. The number of benzene rings is 2. The van der Waals surface area contributed by atoms with Crippen LogP contribution in [-0.4, -0.2) is 15.9 Å². The lowest BCUT2D eigenvalue weighted by Gasteiger charge is -2.11. The van der Waals surface area contributed by atoms with Crippen molar-refractivity contribution in [1.82, 2.24) is 9.97 Å². The van der Waals surface area contributed by atoms with Crippen molar-refractivity contribution in [3.8, 4) is 11.6 Å². The van der Waals surface area contributed by atoms with Crippen molar-refractivity contribution in [2.75, 3.05) is 10.6 Å². The molecule has 28 heavy (non-hydrogen) atoms. The summed E-state index contributed by atoms with van der Waals surface area (Å²) in [6.07, 6.45) is 1.70. The zero-order chi connectivity index (χ0) is 19.9.